The van der Waals surface area contributed by atoms with Crippen LogP contribution >= 0.6 is 24.8 Å². The van der Waals surface area contributed by atoms with E-state index in [1.807, 2.05) is 0 Å². The first-order valence-corrected chi connectivity index (χ1v) is 7.24. The van der Waals surface area contributed by atoms with Gasteiger partial charge in [-0.2, -0.15) is 0 Å². The molecule has 20 heavy (non-hydrogen) atoms. The van der Waals surface area contributed by atoms with Crippen molar-refractivity contribution >= 4 is 24.8 Å². The summed E-state index contributed by atoms with van der Waals surface area (Å²) >= 11 is 0. The van der Waals surface area contributed by atoms with E-state index in [1.54, 1.807) is 0 Å². The molecule has 1 heterocycles. The van der Waals surface area contributed by atoms with E-state index in [0.29, 0.717) is 0 Å². The topological polar surface area (TPSA) is 29.3 Å². The van der Waals surface area contributed by atoms with Crippen LogP contribution in [0.1, 0.15) is 44.2 Å². The third-order valence-corrected chi connectivity index (χ3v) is 4.20. The molecule has 0 amide bonds. The molecule has 0 saturated carbocycles. The smallest absolute Gasteiger partial charge is 0.0239 e. The van der Waals surface area contributed by atoms with Crippen LogP contribution in [0.3, 0.4) is 0 Å². The van der Waals surface area contributed by atoms with Crippen molar-refractivity contribution in [2.45, 2.75) is 58.2 Å². The molecule has 2 rings (SSSR count). The first kappa shape index (κ1) is 19.7. The van der Waals surface area contributed by atoms with E-state index in [4.69, 9.17) is 5.73 Å². The predicted molar refractivity (Wildman–Crippen MR) is 92.0 cm³/mol. The van der Waals surface area contributed by atoms with Crippen molar-refractivity contribution < 1.29 is 0 Å². The second-order valence-corrected chi connectivity index (χ2v) is 5.66. The van der Waals surface area contributed by atoms with Gasteiger partial charge in [-0.15, -0.1) is 24.8 Å². The molecular formula is C16H28Cl2N2. The largest absolute Gasteiger partial charge is 0.330 e. The van der Waals surface area contributed by atoms with E-state index in [-0.39, 0.29) is 24.8 Å². The molecule has 0 radical (unpaired) electrons. The predicted octanol–water partition coefficient (Wildman–Crippen LogP) is 3.79. The minimum atomic E-state index is 0. The molecule has 1 aromatic rings. The van der Waals surface area contributed by atoms with E-state index in [2.05, 4.69) is 43.0 Å². The van der Waals surface area contributed by atoms with Gasteiger partial charge in [-0.05, 0) is 50.8 Å². The minimum Gasteiger partial charge on any atom is -0.330 e. The molecule has 0 bridgehead atoms. The maximum Gasteiger partial charge on any atom is 0.0239 e. The van der Waals surface area contributed by atoms with Crippen LogP contribution in [-0.4, -0.2) is 23.5 Å². The van der Waals surface area contributed by atoms with Gasteiger partial charge in [0, 0.05) is 18.6 Å². The molecule has 1 fully saturated rings. The van der Waals surface area contributed by atoms with Gasteiger partial charge >= 0.3 is 0 Å². The van der Waals surface area contributed by atoms with Crippen molar-refractivity contribution in [1.82, 2.24) is 4.90 Å². The van der Waals surface area contributed by atoms with Crippen LogP contribution in [0.2, 0.25) is 0 Å². The molecular weight excluding hydrogens is 291 g/mol. The summed E-state index contributed by atoms with van der Waals surface area (Å²) in [4.78, 5) is 2.64. The summed E-state index contributed by atoms with van der Waals surface area (Å²) in [5.74, 6) is 0. The van der Waals surface area contributed by atoms with Gasteiger partial charge < -0.3 is 5.73 Å². The van der Waals surface area contributed by atoms with Gasteiger partial charge in [-0.3, -0.25) is 4.90 Å². The van der Waals surface area contributed by atoms with Crippen LogP contribution in [0.4, 0.5) is 0 Å². The van der Waals surface area contributed by atoms with E-state index in [9.17, 15) is 0 Å². The van der Waals surface area contributed by atoms with Gasteiger partial charge in [-0.25, -0.2) is 0 Å². The van der Waals surface area contributed by atoms with Gasteiger partial charge in [0.25, 0.3) is 0 Å². The van der Waals surface area contributed by atoms with Crippen molar-refractivity contribution in [2.75, 3.05) is 6.54 Å². The number of piperidine rings is 1. The highest BCUT2D eigenvalue weighted by molar-refractivity contribution is 5.85. The Morgan fingerprint density at radius 3 is 2.00 bits per heavy atom. The molecule has 4 heteroatoms. The van der Waals surface area contributed by atoms with Gasteiger partial charge in [0.15, 0.2) is 0 Å². The summed E-state index contributed by atoms with van der Waals surface area (Å²) in [5, 5.41) is 0. The molecule has 2 nitrogen and oxygen atoms in total. The zero-order valence-electron chi connectivity index (χ0n) is 12.5. The average Bonchev–Trinajstić information content (AvgIpc) is 2.36. The maximum absolute atomic E-state index is 5.58. The molecule has 1 aliphatic heterocycles. The summed E-state index contributed by atoms with van der Waals surface area (Å²) in [5.41, 5.74) is 8.35. The molecule has 0 aromatic heterocycles. The van der Waals surface area contributed by atoms with Gasteiger partial charge in [-0.1, -0.05) is 30.7 Å². The summed E-state index contributed by atoms with van der Waals surface area (Å²) in [6.45, 7) is 6.54. The van der Waals surface area contributed by atoms with Gasteiger partial charge in [0.1, 0.15) is 0 Å². The Balaban J connectivity index is 0.00000180. The number of rotatable bonds is 4. The molecule has 2 atom stereocenters. The summed E-state index contributed by atoms with van der Waals surface area (Å²) in [7, 11) is 0. The zero-order chi connectivity index (χ0) is 13.0. The number of hydrogen-bond donors (Lipinski definition) is 1. The molecule has 0 spiro atoms. The lowest BCUT2D eigenvalue weighted by atomic mass is 9.96. The number of halogens is 2. The Morgan fingerprint density at radius 2 is 1.50 bits per heavy atom. The second kappa shape index (κ2) is 9.62. The van der Waals surface area contributed by atoms with Crippen molar-refractivity contribution in [1.29, 1.82) is 0 Å². The highest BCUT2D eigenvalue weighted by atomic mass is 35.5. The Kier molecular flexibility index (Phi) is 9.48. The fourth-order valence-corrected chi connectivity index (χ4v) is 2.98. The normalized spacial score (nSPS) is 22.8. The third kappa shape index (κ3) is 5.25. The fraction of sp³-hybridized carbons (Fsp3) is 0.625. The minimum absolute atomic E-state index is 0. The summed E-state index contributed by atoms with van der Waals surface area (Å²) < 4.78 is 0. The molecule has 1 aromatic carbocycles. The van der Waals surface area contributed by atoms with Crippen LogP contribution in [0.5, 0.6) is 0 Å². The van der Waals surface area contributed by atoms with Crippen LogP contribution < -0.4 is 5.73 Å². The first-order chi connectivity index (χ1) is 8.70. The van der Waals surface area contributed by atoms with Crippen LogP contribution in [0.25, 0.3) is 0 Å². The Labute approximate surface area is 135 Å². The van der Waals surface area contributed by atoms with E-state index >= 15 is 0 Å². The Hall–Kier alpha value is -0.280. The SMILES string of the molecule is C[C@@H]1CCC[C@H](C)N1Cc1ccc(CCN)cc1.Cl.Cl. The molecule has 0 aliphatic carbocycles. The van der Waals surface area contributed by atoms with Crippen molar-refractivity contribution in [3.8, 4) is 0 Å². The Bertz CT molecular complexity index is 357. The molecule has 0 unspecified atom stereocenters. The van der Waals surface area contributed by atoms with Crippen molar-refractivity contribution in [3.05, 3.63) is 35.4 Å². The van der Waals surface area contributed by atoms with Crippen molar-refractivity contribution in [2.24, 2.45) is 5.73 Å². The lowest BCUT2D eigenvalue weighted by Gasteiger charge is -2.39. The molecule has 116 valence electrons. The van der Waals surface area contributed by atoms with Crippen molar-refractivity contribution in [3.63, 3.8) is 0 Å². The molecule has 1 saturated heterocycles. The summed E-state index contributed by atoms with van der Waals surface area (Å²) in [6.07, 6.45) is 5.05. The quantitative estimate of drug-likeness (QED) is 0.915. The second-order valence-electron chi connectivity index (χ2n) is 5.66. The van der Waals surface area contributed by atoms with E-state index < -0.39 is 0 Å². The molecule has 2 N–H and O–H groups in total. The zero-order valence-corrected chi connectivity index (χ0v) is 14.2. The van der Waals surface area contributed by atoms with E-state index in [1.165, 1.54) is 30.4 Å². The number of nitrogens with zero attached hydrogens (tertiary/aromatic N) is 1. The highest BCUT2D eigenvalue weighted by Gasteiger charge is 2.24. The van der Waals surface area contributed by atoms with Gasteiger partial charge in [0.05, 0.1) is 0 Å². The standard InChI is InChI=1S/C16H26N2.2ClH/c1-13-4-3-5-14(2)18(13)12-16-8-6-15(7-9-16)10-11-17;;/h6-9,13-14H,3-5,10-12,17H2,1-2H3;2*1H/t13-,14+;;. The average molecular weight is 319 g/mol. The van der Waals surface area contributed by atoms with E-state index in [0.717, 1.165) is 31.6 Å². The van der Waals surface area contributed by atoms with Crippen LogP contribution in [0, 0.1) is 0 Å². The fourth-order valence-electron chi connectivity index (χ4n) is 2.98. The summed E-state index contributed by atoms with van der Waals surface area (Å²) in [6, 6.07) is 10.4. The lowest BCUT2D eigenvalue weighted by Crippen LogP contribution is -2.42. The third-order valence-electron chi connectivity index (χ3n) is 4.20. The monoisotopic (exact) mass is 318 g/mol. The Morgan fingerprint density at radius 1 is 1.00 bits per heavy atom. The maximum atomic E-state index is 5.58. The molecule has 1 aliphatic rings. The van der Waals surface area contributed by atoms with Crippen LogP contribution in [-0.2, 0) is 13.0 Å². The first-order valence-electron chi connectivity index (χ1n) is 7.24. The number of likely N-dealkylation sites (tertiary alicyclic amines) is 1. The lowest BCUT2D eigenvalue weighted by molar-refractivity contribution is 0.0953. The van der Waals surface area contributed by atoms with Gasteiger partial charge in [0.2, 0.25) is 0 Å². The number of nitrogens with two attached hydrogens (primary N) is 1. The van der Waals surface area contributed by atoms with Crippen LogP contribution in [0.15, 0.2) is 24.3 Å². The number of benzene rings is 1. The highest BCUT2D eigenvalue weighted by Crippen LogP contribution is 2.24. The number of hydrogen-bond acceptors (Lipinski definition) is 2.